The summed E-state index contributed by atoms with van der Waals surface area (Å²) in [6.45, 7) is 6.63. The quantitative estimate of drug-likeness (QED) is 0.586. The number of nitrogens with zero attached hydrogens (tertiary/aromatic N) is 5. The molecule has 0 bridgehead atoms. The van der Waals surface area contributed by atoms with E-state index in [0.29, 0.717) is 38.1 Å². The molecule has 2 aliphatic rings. The van der Waals surface area contributed by atoms with Gasteiger partial charge >= 0.3 is 5.97 Å². The Morgan fingerprint density at radius 2 is 1.84 bits per heavy atom. The van der Waals surface area contributed by atoms with Crippen LogP contribution < -0.4 is 10.2 Å². The summed E-state index contributed by atoms with van der Waals surface area (Å²) in [4.78, 5) is 43.1. The second-order valence-corrected chi connectivity index (χ2v) is 7.55. The number of esters is 1. The Kier molecular flexibility index (Phi) is 6.11. The van der Waals surface area contributed by atoms with Crippen molar-refractivity contribution in [2.75, 3.05) is 37.7 Å². The van der Waals surface area contributed by atoms with Gasteiger partial charge in [0.2, 0.25) is 17.8 Å². The highest BCUT2D eigenvalue weighted by molar-refractivity contribution is 6.08. The molecule has 1 aromatic carbocycles. The van der Waals surface area contributed by atoms with Crippen LogP contribution >= 0.6 is 0 Å². The number of piperazine rings is 1. The fourth-order valence-corrected chi connectivity index (χ4v) is 3.89. The third-order valence-corrected chi connectivity index (χ3v) is 5.43. The lowest BCUT2D eigenvalue weighted by Crippen LogP contribution is -2.57. The smallest absolute Gasteiger partial charge is 0.321 e. The van der Waals surface area contributed by atoms with Gasteiger partial charge in [-0.15, -0.1) is 0 Å². The maximum atomic E-state index is 13.0. The van der Waals surface area contributed by atoms with Gasteiger partial charge < -0.3 is 14.5 Å². The van der Waals surface area contributed by atoms with Crippen LogP contribution in [0.1, 0.15) is 24.1 Å². The first kappa shape index (κ1) is 20.8. The molecule has 9 nitrogen and oxygen atoms in total. The van der Waals surface area contributed by atoms with Crippen LogP contribution in [-0.2, 0) is 14.3 Å². The van der Waals surface area contributed by atoms with Crippen molar-refractivity contribution in [3.8, 4) is 0 Å². The predicted molar refractivity (Wildman–Crippen MR) is 115 cm³/mol. The third kappa shape index (κ3) is 4.50. The molecule has 2 atom stereocenters. The van der Waals surface area contributed by atoms with E-state index in [1.54, 1.807) is 25.4 Å². The van der Waals surface area contributed by atoms with E-state index in [1.165, 1.54) is 0 Å². The highest BCUT2D eigenvalue weighted by Gasteiger charge is 2.42. The van der Waals surface area contributed by atoms with Crippen LogP contribution in [0.3, 0.4) is 0 Å². The maximum Gasteiger partial charge on any atom is 0.321 e. The second kappa shape index (κ2) is 9.11. The molecule has 1 fully saturated rings. The molecule has 9 heteroatoms. The van der Waals surface area contributed by atoms with Crippen molar-refractivity contribution in [1.29, 1.82) is 0 Å². The highest BCUT2D eigenvalue weighted by Crippen LogP contribution is 2.31. The van der Waals surface area contributed by atoms with Crippen LogP contribution in [0.2, 0.25) is 0 Å². The first-order chi connectivity index (χ1) is 15.1. The lowest BCUT2D eigenvalue weighted by Gasteiger charge is -2.38. The number of aliphatic imine (C=N–C) groups is 1. The summed E-state index contributed by atoms with van der Waals surface area (Å²) < 4.78 is 5.17. The number of hydrogen-bond donors (Lipinski definition) is 1. The zero-order valence-electron chi connectivity index (χ0n) is 17.7. The van der Waals surface area contributed by atoms with Crippen molar-refractivity contribution in [2.24, 2.45) is 10.9 Å². The van der Waals surface area contributed by atoms with Crippen molar-refractivity contribution < 1.29 is 14.3 Å². The van der Waals surface area contributed by atoms with E-state index in [1.807, 2.05) is 36.1 Å². The molecule has 2 aliphatic heterocycles. The maximum absolute atomic E-state index is 13.0. The van der Waals surface area contributed by atoms with Gasteiger partial charge in [0.15, 0.2) is 5.92 Å². The van der Waals surface area contributed by atoms with Gasteiger partial charge in [0.05, 0.1) is 6.61 Å². The Labute approximate surface area is 181 Å². The summed E-state index contributed by atoms with van der Waals surface area (Å²) in [5.74, 6) is -0.767. The third-order valence-electron chi connectivity index (χ3n) is 5.43. The molecule has 0 saturated carbocycles. The van der Waals surface area contributed by atoms with Crippen LogP contribution in [0.25, 0.3) is 0 Å². The number of anilines is 1. The van der Waals surface area contributed by atoms with Crippen molar-refractivity contribution in [3.63, 3.8) is 0 Å². The van der Waals surface area contributed by atoms with Gasteiger partial charge in [0.1, 0.15) is 6.04 Å². The fourth-order valence-electron chi connectivity index (χ4n) is 3.89. The average molecular weight is 422 g/mol. The Morgan fingerprint density at radius 3 is 2.52 bits per heavy atom. The van der Waals surface area contributed by atoms with E-state index in [0.717, 1.165) is 11.1 Å². The number of aromatic nitrogens is 2. The number of nitrogens with one attached hydrogen (secondary N) is 1. The summed E-state index contributed by atoms with van der Waals surface area (Å²) in [5, 5.41) is 2.83. The molecule has 31 heavy (non-hydrogen) atoms. The van der Waals surface area contributed by atoms with E-state index in [-0.39, 0.29) is 12.5 Å². The molecule has 162 valence electrons. The number of benzene rings is 1. The molecule has 1 amide bonds. The molecule has 0 spiro atoms. The fraction of sp³-hybridized carbons (Fsp3) is 0.409. The monoisotopic (exact) mass is 422 g/mol. The minimum absolute atomic E-state index is 0.212. The Balaban J connectivity index is 1.57. The number of guanidine groups is 1. The zero-order chi connectivity index (χ0) is 21.8. The van der Waals surface area contributed by atoms with Crippen LogP contribution in [0, 0.1) is 12.8 Å². The first-order valence-electron chi connectivity index (χ1n) is 10.5. The largest absolute Gasteiger partial charge is 0.465 e. The highest BCUT2D eigenvalue weighted by atomic mass is 16.5. The van der Waals surface area contributed by atoms with Gasteiger partial charge in [-0.3, -0.25) is 14.9 Å². The molecule has 0 radical (unpaired) electrons. The van der Waals surface area contributed by atoms with Gasteiger partial charge in [0.25, 0.3) is 0 Å². The average Bonchev–Trinajstić information content (AvgIpc) is 2.79. The summed E-state index contributed by atoms with van der Waals surface area (Å²) in [6.07, 6.45) is 3.45. The number of aryl methyl sites for hydroxylation is 1. The van der Waals surface area contributed by atoms with E-state index < -0.39 is 17.9 Å². The molecular formula is C22H26N6O3. The molecule has 1 aromatic heterocycles. The number of ether oxygens (including phenoxy) is 1. The summed E-state index contributed by atoms with van der Waals surface area (Å²) in [7, 11) is 0. The van der Waals surface area contributed by atoms with Crippen LogP contribution in [0.15, 0.2) is 47.7 Å². The minimum atomic E-state index is -1.01. The lowest BCUT2D eigenvalue weighted by molar-refractivity contribution is -0.153. The van der Waals surface area contributed by atoms with E-state index in [9.17, 15) is 9.59 Å². The Bertz CT molecular complexity index is 972. The van der Waals surface area contributed by atoms with E-state index >= 15 is 0 Å². The number of hydrogen-bond acceptors (Lipinski definition) is 8. The standard InChI is InChI=1S/C22H26N6O3/c1-3-31-20(30)17-18(16-7-4-6-15(2)14-16)25-22(26-19(17)29)28-12-10-27(11-13-28)21-23-8-5-9-24-21/h4-9,14,17-18H,3,10-13H2,1-2H3,(H,25,26,29)/t17-,18+/m1/s1. The molecule has 1 saturated heterocycles. The van der Waals surface area contributed by atoms with Gasteiger partial charge in [-0.05, 0) is 25.5 Å². The SMILES string of the molecule is CCOC(=O)[C@H]1C(=O)NC(N2CCN(c3ncccn3)CC2)=N[C@H]1c1cccc(C)c1. The van der Waals surface area contributed by atoms with Gasteiger partial charge in [-0.2, -0.15) is 0 Å². The number of carbonyl (C=O) groups excluding carboxylic acids is 2. The molecular weight excluding hydrogens is 396 g/mol. The number of amides is 1. The first-order valence-corrected chi connectivity index (χ1v) is 10.5. The number of carbonyl (C=O) groups is 2. The van der Waals surface area contributed by atoms with Crippen molar-refractivity contribution in [3.05, 3.63) is 53.9 Å². The molecule has 0 aliphatic carbocycles. The van der Waals surface area contributed by atoms with Crippen LogP contribution in [0.4, 0.5) is 5.95 Å². The predicted octanol–water partition coefficient (Wildman–Crippen LogP) is 1.31. The lowest BCUT2D eigenvalue weighted by atomic mass is 9.90. The minimum Gasteiger partial charge on any atom is -0.465 e. The van der Waals surface area contributed by atoms with Crippen molar-refractivity contribution in [1.82, 2.24) is 20.2 Å². The molecule has 2 aromatic rings. The normalized spacial score (nSPS) is 21.4. The topological polar surface area (TPSA) is 100 Å². The summed E-state index contributed by atoms with van der Waals surface area (Å²) >= 11 is 0. The second-order valence-electron chi connectivity index (χ2n) is 7.55. The van der Waals surface area contributed by atoms with E-state index in [2.05, 4.69) is 20.2 Å². The summed E-state index contributed by atoms with van der Waals surface area (Å²) in [5.41, 5.74) is 1.86. The van der Waals surface area contributed by atoms with Crippen LogP contribution in [0.5, 0.6) is 0 Å². The number of rotatable bonds is 4. The molecule has 0 unspecified atom stereocenters. The van der Waals surface area contributed by atoms with E-state index in [4.69, 9.17) is 9.73 Å². The van der Waals surface area contributed by atoms with Crippen molar-refractivity contribution >= 4 is 23.8 Å². The molecule has 4 rings (SSSR count). The van der Waals surface area contributed by atoms with Crippen LogP contribution in [-0.4, -0.2) is 65.5 Å². The summed E-state index contributed by atoms with van der Waals surface area (Å²) in [6, 6.07) is 8.90. The Hall–Kier alpha value is -3.49. The zero-order valence-corrected chi connectivity index (χ0v) is 17.7. The van der Waals surface area contributed by atoms with Gasteiger partial charge in [0, 0.05) is 38.6 Å². The molecule has 3 heterocycles. The Morgan fingerprint density at radius 1 is 1.13 bits per heavy atom. The van der Waals surface area contributed by atoms with Gasteiger partial charge in [-0.1, -0.05) is 29.8 Å². The van der Waals surface area contributed by atoms with Crippen molar-refractivity contribution in [2.45, 2.75) is 19.9 Å². The van der Waals surface area contributed by atoms with Gasteiger partial charge in [-0.25, -0.2) is 15.0 Å². The molecule has 1 N–H and O–H groups in total.